The number of benzene rings is 1. The first-order chi connectivity index (χ1) is 18.5. The summed E-state index contributed by atoms with van der Waals surface area (Å²) in [7, 11) is -3.00. The van der Waals surface area contributed by atoms with Crippen molar-refractivity contribution in [2.45, 2.75) is 71.4 Å². The van der Waals surface area contributed by atoms with Crippen molar-refractivity contribution in [3.63, 3.8) is 0 Å². The summed E-state index contributed by atoms with van der Waals surface area (Å²) in [5.41, 5.74) is 6.32. The molecule has 1 aromatic rings. The summed E-state index contributed by atoms with van der Waals surface area (Å²) in [6, 6.07) is 3.46. The lowest BCUT2D eigenvalue weighted by atomic mass is 9.89. The Morgan fingerprint density at radius 1 is 1.21 bits per heavy atom. The van der Waals surface area contributed by atoms with E-state index >= 15 is 0 Å². The van der Waals surface area contributed by atoms with Gasteiger partial charge in [0.15, 0.2) is 0 Å². The number of alkyl halides is 2. The molecule has 214 valence electrons. The zero-order valence-electron chi connectivity index (χ0n) is 23.4. The molecule has 39 heavy (non-hydrogen) atoms. The third-order valence-electron chi connectivity index (χ3n) is 8.57. The average Bonchev–Trinajstić information content (AvgIpc) is 2.91. The van der Waals surface area contributed by atoms with E-state index in [0.717, 1.165) is 60.6 Å². The Labute approximate surface area is 232 Å². The van der Waals surface area contributed by atoms with Crippen molar-refractivity contribution < 1.29 is 17.2 Å². The second-order valence-electron chi connectivity index (χ2n) is 11.0. The van der Waals surface area contributed by atoms with Crippen LogP contribution in [0.1, 0.15) is 69.6 Å². The molecular weight excluding hydrogens is 518 g/mol. The second-order valence-corrected chi connectivity index (χ2v) is 13.3. The maximum Gasteiger partial charge on any atom is 0.264 e. The Morgan fingerprint density at radius 3 is 2.49 bits per heavy atom. The van der Waals surface area contributed by atoms with E-state index in [2.05, 4.69) is 29.9 Å². The molecule has 0 amide bonds. The van der Waals surface area contributed by atoms with E-state index in [-0.39, 0.29) is 29.2 Å². The number of fused-ring (bicyclic) bond motifs is 1. The zero-order chi connectivity index (χ0) is 28.5. The van der Waals surface area contributed by atoms with Gasteiger partial charge in [0.25, 0.3) is 6.43 Å². The maximum atomic E-state index is 14.3. The van der Waals surface area contributed by atoms with Gasteiger partial charge in [-0.15, -0.1) is 0 Å². The third kappa shape index (κ3) is 6.09. The normalized spacial score (nSPS) is 21.2. The maximum absolute atomic E-state index is 14.3. The first kappa shape index (κ1) is 29.3. The third-order valence-corrected chi connectivity index (χ3v) is 10.3. The molecule has 1 saturated heterocycles. The number of anilines is 1. The molecule has 0 saturated carbocycles. The first-order valence-corrected chi connectivity index (χ1v) is 15.7. The van der Waals surface area contributed by atoms with E-state index in [1.165, 1.54) is 0 Å². The summed E-state index contributed by atoms with van der Waals surface area (Å²) in [6.07, 6.45) is 4.34. The van der Waals surface area contributed by atoms with Crippen LogP contribution < -0.4 is 10.7 Å². The van der Waals surface area contributed by atoms with Crippen LogP contribution in [0.2, 0.25) is 0 Å². The molecule has 3 aliphatic heterocycles. The topological polar surface area (TPSA) is 69.9 Å². The number of aryl methyl sites for hydroxylation is 1. The summed E-state index contributed by atoms with van der Waals surface area (Å²) in [5.74, 6) is 7.04. The number of allylic oxidation sites excluding steroid dienone is 4. The molecule has 0 spiro atoms. The molecule has 2 N–H and O–H groups in total. The molecule has 0 aliphatic carbocycles. The van der Waals surface area contributed by atoms with Gasteiger partial charge in [-0.1, -0.05) is 25.3 Å². The minimum Gasteiger partial charge on any atom is -0.371 e. The molecule has 1 atom stereocenters. The van der Waals surface area contributed by atoms with Gasteiger partial charge in [0, 0.05) is 54.7 Å². The monoisotopic (exact) mass is 560 g/mol. The molecule has 1 aromatic carbocycles. The Bertz CT molecular complexity index is 1270. The molecule has 1 unspecified atom stereocenters. The van der Waals surface area contributed by atoms with Gasteiger partial charge in [-0.2, -0.15) is 0 Å². The summed E-state index contributed by atoms with van der Waals surface area (Å²) < 4.78 is 52.7. The highest BCUT2D eigenvalue weighted by molar-refractivity contribution is 7.91. The molecule has 0 radical (unpaired) electrons. The number of hydrogen-bond acceptors (Lipinski definition) is 6. The van der Waals surface area contributed by atoms with Crippen LogP contribution in [0.4, 0.5) is 14.5 Å². The Kier molecular flexibility index (Phi) is 8.91. The van der Waals surface area contributed by atoms with Crippen LogP contribution in [0, 0.1) is 0 Å². The average molecular weight is 561 g/mol. The van der Waals surface area contributed by atoms with Gasteiger partial charge >= 0.3 is 0 Å². The van der Waals surface area contributed by atoms with Crippen molar-refractivity contribution >= 4 is 21.1 Å². The van der Waals surface area contributed by atoms with E-state index in [4.69, 9.17) is 5.84 Å². The SMILES string of the molecule is C=C/C(=C\C)c1cc2c(cc1C(F)F)N(C(C)C1=C(N(N)C3CCS(=O)(=O)CC3)CCN(C(=C)C)C1)CCC2. The standard InChI is InChI=1S/C30H42F2N4O2S/c1-6-22(7-2)25-17-23-9-8-13-35(29(23)18-26(25)30(31)32)21(5)27-19-34(20(3)4)14-10-28(27)36(33)24-11-15-39(37,38)16-12-24/h6-7,17-18,21,24,30H,1,3,8-16,19,33H2,2,4-5H3/b22-7+. The number of hydrazine groups is 1. The molecule has 9 heteroatoms. The van der Waals surface area contributed by atoms with Crippen LogP contribution in [0.5, 0.6) is 0 Å². The van der Waals surface area contributed by atoms with Crippen LogP contribution in [0.15, 0.2) is 54.4 Å². The Morgan fingerprint density at radius 2 is 1.90 bits per heavy atom. The number of nitrogens with two attached hydrogens (primary N) is 1. The smallest absolute Gasteiger partial charge is 0.264 e. The molecule has 4 rings (SSSR count). The number of hydrogen-bond donors (Lipinski definition) is 1. The van der Waals surface area contributed by atoms with Crippen molar-refractivity contribution in [1.29, 1.82) is 0 Å². The van der Waals surface area contributed by atoms with Gasteiger partial charge in [0.1, 0.15) is 9.84 Å². The van der Waals surface area contributed by atoms with E-state index in [1.54, 1.807) is 12.1 Å². The lowest BCUT2D eigenvalue weighted by Gasteiger charge is -2.45. The fourth-order valence-electron chi connectivity index (χ4n) is 6.23. The van der Waals surface area contributed by atoms with Crippen LogP contribution in [-0.2, 0) is 16.3 Å². The molecule has 1 fully saturated rings. The quantitative estimate of drug-likeness (QED) is 0.254. The molecular formula is C30H42F2N4O2S. The van der Waals surface area contributed by atoms with Gasteiger partial charge in [0.05, 0.1) is 17.5 Å². The first-order valence-electron chi connectivity index (χ1n) is 13.8. The number of nitrogens with zero attached hydrogens (tertiary/aromatic N) is 3. The van der Waals surface area contributed by atoms with Gasteiger partial charge in [-0.3, -0.25) is 0 Å². The second kappa shape index (κ2) is 11.8. The zero-order valence-corrected chi connectivity index (χ0v) is 24.2. The highest BCUT2D eigenvalue weighted by atomic mass is 32.2. The molecule has 6 nitrogen and oxygen atoms in total. The van der Waals surface area contributed by atoms with Gasteiger partial charge in [-0.25, -0.2) is 23.0 Å². The largest absolute Gasteiger partial charge is 0.371 e. The Hall–Kier alpha value is -2.65. The van der Waals surface area contributed by atoms with Crippen molar-refractivity contribution in [3.8, 4) is 0 Å². The number of rotatable bonds is 8. The van der Waals surface area contributed by atoms with Gasteiger partial charge in [0.2, 0.25) is 0 Å². The van der Waals surface area contributed by atoms with Crippen LogP contribution >= 0.6 is 0 Å². The molecule has 3 aliphatic rings. The lowest BCUT2D eigenvalue weighted by Crippen LogP contribution is -2.50. The van der Waals surface area contributed by atoms with Gasteiger partial charge in [-0.05, 0) is 80.9 Å². The predicted molar refractivity (Wildman–Crippen MR) is 156 cm³/mol. The van der Waals surface area contributed by atoms with Crippen molar-refractivity contribution in [3.05, 3.63) is 71.1 Å². The van der Waals surface area contributed by atoms with E-state index in [0.29, 0.717) is 30.5 Å². The van der Waals surface area contributed by atoms with E-state index < -0.39 is 16.3 Å². The fraction of sp³-hybridized carbons (Fsp3) is 0.533. The van der Waals surface area contributed by atoms with Crippen molar-refractivity contribution in [2.75, 3.05) is 36.0 Å². The minimum absolute atomic E-state index is 0.0196. The Balaban J connectivity index is 1.75. The summed E-state index contributed by atoms with van der Waals surface area (Å²) in [5, 5.41) is 1.82. The number of halogens is 2. The fourth-order valence-corrected chi connectivity index (χ4v) is 7.70. The van der Waals surface area contributed by atoms with Crippen molar-refractivity contribution in [2.24, 2.45) is 5.84 Å². The molecule has 0 aromatic heterocycles. The number of sulfone groups is 1. The summed E-state index contributed by atoms with van der Waals surface area (Å²) in [4.78, 5) is 4.48. The highest BCUT2D eigenvalue weighted by Gasteiger charge is 2.35. The molecule has 0 bridgehead atoms. The summed E-state index contributed by atoms with van der Waals surface area (Å²) >= 11 is 0. The highest BCUT2D eigenvalue weighted by Crippen LogP contribution is 2.40. The van der Waals surface area contributed by atoms with Gasteiger partial charge < -0.3 is 14.8 Å². The van der Waals surface area contributed by atoms with E-state index in [9.17, 15) is 17.2 Å². The predicted octanol–water partition coefficient (Wildman–Crippen LogP) is 5.60. The summed E-state index contributed by atoms with van der Waals surface area (Å²) in [6.45, 7) is 16.1. The van der Waals surface area contributed by atoms with Crippen LogP contribution in [0.25, 0.3) is 5.57 Å². The minimum atomic E-state index is -3.00. The molecule has 3 heterocycles. The lowest BCUT2D eigenvalue weighted by molar-refractivity contribution is 0.151. The van der Waals surface area contributed by atoms with Crippen LogP contribution in [-0.4, -0.2) is 61.6 Å². The van der Waals surface area contributed by atoms with E-state index in [1.807, 2.05) is 31.0 Å². The van der Waals surface area contributed by atoms with Crippen molar-refractivity contribution in [1.82, 2.24) is 9.91 Å². The van der Waals surface area contributed by atoms with Crippen LogP contribution in [0.3, 0.4) is 0 Å².